The van der Waals surface area contributed by atoms with Crippen molar-refractivity contribution < 1.29 is 23.1 Å². The summed E-state index contributed by atoms with van der Waals surface area (Å²) in [6.07, 6.45) is 3.73. The molecule has 2 N–H and O–H groups in total. The molecule has 0 radical (unpaired) electrons. The van der Waals surface area contributed by atoms with Crippen LogP contribution in [-0.2, 0) is 9.57 Å². The zero-order valence-electron chi connectivity index (χ0n) is 14.9. The number of anilines is 2. The van der Waals surface area contributed by atoms with Gasteiger partial charge in [-0.05, 0) is 24.6 Å². The lowest BCUT2D eigenvalue weighted by Crippen LogP contribution is -2.25. The smallest absolute Gasteiger partial charge is 0.287 e. The third kappa shape index (κ3) is 4.26. The van der Waals surface area contributed by atoms with Crippen molar-refractivity contribution in [3.63, 3.8) is 0 Å². The maximum absolute atomic E-state index is 14.3. The van der Waals surface area contributed by atoms with E-state index in [-0.39, 0.29) is 34.2 Å². The number of hydrogen-bond donors (Lipinski definition) is 2. The fourth-order valence-corrected chi connectivity index (χ4v) is 3.47. The first-order valence-corrected chi connectivity index (χ1v) is 9.06. The van der Waals surface area contributed by atoms with Gasteiger partial charge in [-0.1, -0.05) is 12.6 Å². The van der Waals surface area contributed by atoms with Crippen molar-refractivity contribution in [2.45, 2.75) is 6.92 Å². The quantitative estimate of drug-likeness (QED) is 0.329. The van der Waals surface area contributed by atoms with Crippen molar-refractivity contribution in [3.8, 4) is 0 Å². The van der Waals surface area contributed by atoms with Crippen molar-refractivity contribution in [1.82, 2.24) is 10.5 Å². The minimum Gasteiger partial charge on any atom is -0.499 e. The van der Waals surface area contributed by atoms with Crippen LogP contribution in [0.25, 0.3) is 10.1 Å². The molecule has 3 rings (SSSR count). The summed E-state index contributed by atoms with van der Waals surface area (Å²) in [6.45, 7) is 5.45. The summed E-state index contributed by atoms with van der Waals surface area (Å²) in [5.74, 6) is -1.67. The Morgan fingerprint density at radius 2 is 2.11 bits per heavy atom. The van der Waals surface area contributed by atoms with Crippen molar-refractivity contribution in [1.29, 1.82) is 0 Å². The number of fused-ring (bicyclic) bond motifs is 1. The number of rotatable bonds is 8. The highest BCUT2D eigenvalue weighted by molar-refractivity contribution is 7.21. The van der Waals surface area contributed by atoms with Crippen LogP contribution >= 0.6 is 11.3 Å². The first-order valence-electron chi connectivity index (χ1n) is 8.25. The van der Waals surface area contributed by atoms with Gasteiger partial charge >= 0.3 is 0 Å². The second-order valence-electron chi connectivity index (χ2n) is 5.73. The Morgan fingerprint density at radius 3 is 2.86 bits per heavy atom. The summed E-state index contributed by atoms with van der Waals surface area (Å²) in [6, 6.07) is 4.63. The number of hydroxylamine groups is 1. The van der Waals surface area contributed by atoms with Gasteiger partial charge in [0.05, 0.1) is 28.5 Å². The highest BCUT2D eigenvalue weighted by Crippen LogP contribution is 2.38. The van der Waals surface area contributed by atoms with Crippen LogP contribution < -0.4 is 10.8 Å². The Hall–Kier alpha value is -3.04. The van der Waals surface area contributed by atoms with Crippen LogP contribution in [0, 0.1) is 18.6 Å². The van der Waals surface area contributed by atoms with E-state index in [0.29, 0.717) is 5.39 Å². The monoisotopic (exact) mass is 405 g/mol. The number of aryl methyl sites for hydroxylation is 1. The Morgan fingerprint density at radius 1 is 1.29 bits per heavy atom. The molecule has 2 heterocycles. The van der Waals surface area contributed by atoms with Crippen molar-refractivity contribution >= 4 is 38.7 Å². The molecule has 0 bridgehead atoms. The number of hydrogen-bond acceptors (Lipinski definition) is 6. The van der Waals surface area contributed by atoms with E-state index in [2.05, 4.69) is 22.4 Å². The van der Waals surface area contributed by atoms with E-state index in [1.54, 1.807) is 19.1 Å². The average Bonchev–Trinajstić information content (AvgIpc) is 3.04. The standard InChI is InChI=1S/C19H17F2N3O3S/c1-3-26-6-7-27-24-19(25)18-16(12-9-22-10-14(21)17(12)28-18)23-15-5-4-11(2)8-13(15)20/h3-5,8-10,23H,1,6-7H2,2H3,(H,24,25). The lowest BCUT2D eigenvalue weighted by atomic mass is 10.2. The second kappa shape index (κ2) is 8.77. The molecule has 0 spiro atoms. The van der Waals surface area contributed by atoms with E-state index in [1.807, 2.05) is 0 Å². The molecule has 0 unspecified atom stereocenters. The molecule has 1 aromatic carbocycles. The molecule has 9 heteroatoms. The first-order chi connectivity index (χ1) is 13.5. The number of aromatic nitrogens is 1. The van der Waals surface area contributed by atoms with Crippen molar-refractivity contribution in [3.05, 3.63) is 65.5 Å². The van der Waals surface area contributed by atoms with Gasteiger partial charge in [-0.2, -0.15) is 0 Å². The second-order valence-corrected chi connectivity index (χ2v) is 6.75. The van der Waals surface area contributed by atoms with Crippen LogP contribution in [0.1, 0.15) is 15.2 Å². The molecule has 0 aliphatic rings. The zero-order chi connectivity index (χ0) is 20.1. The Kier molecular flexibility index (Phi) is 6.17. The molecule has 0 saturated carbocycles. The lowest BCUT2D eigenvalue weighted by Gasteiger charge is -2.10. The van der Waals surface area contributed by atoms with Gasteiger partial charge < -0.3 is 10.1 Å². The maximum Gasteiger partial charge on any atom is 0.287 e. The van der Waals surface area contributed by atoms with E-state index < -0.39 is 17.5 Å². The summed E-state index contributed by atoms with van der Waals surface area (Å²) in [5.41, 5.74) is 3.42. The third-order valence-electron chi connectivity index (χ3n) is 3.73. The average molecular weight is 405 g/mol. The number of nitrogens with one attached hydrogen (secondary N) is 2. The summed E-state index contributed by atoms with van der Waals surface area (Å²) in [4.78, 5) is 21.6. The molecule has 0 aliphatic carbocycles. The van der Waals surface area contributed by atoms with E-state index in [9.17, 15) is 13.6 Å². The molecule has 0 aliphatic heterocycles. The summed E-state index contributed by atoms with van der Waals surface area (Å²) in [5, 5.41) is 3.25. The zero-order valence-corrected chi connectivity index (χ0v) is 15.7. The Bertz CT molecular complexity index is 1020. The van der Waals surface area contributed by atoms with Gasteiger partial charge in [-0.15, -0.1) is 11.3 Å². The van der Waals surface area contributed by atoms with E-state index in [0.717, 1.165) is 23.1 Å². The van der Waals surface area contributed by atoms with Gasteiger partial charge in [0.15, 0.2) is 5.82 Å². The molecule has 6 nitrogen and oxygen atoms in total. The number of ether oxygens (including phenoxy) is 1. The summed E-state index contributed by atoms with van der Waals surface area (Å²) in [7, 11) is 0. The fourth-order valence-electron chi connectivity index (χ4n) is 2.46. The number of pyridine rings is 1. The molecule has 146 valence electrons. The molecule has 0 saturated heterocycles. The normalized spacial score (nSPS) is 10.7. The van der Waals surface area contributed by atoms with Gasteiger partial charge in [0.2, 0.25) is 0 Å². The SMILES string of the molecule is C=COCCONC(=O)c1sc2c(F)cncc2c1Nc1ccc(C)cc1F. The van der Waals surface area contributed by atoms with Crippen molar-refractivity contribution in [2.24, 2.45) is 0 Å². The number of carbonyl (C=O) groups excluding carboxylic acids is 1. The molecular weight excluding hydrogens is 388 g/mol. The summed E-state index contributed by atoms with van der Waals surface area (Å²) >= 11 is 0.916. The number of nitrogens with zero attached hydrogens (tertiary/aromatic N) is 1. The van der Waals surface area contributed by atoms with Gasteiger partial charge in [-0.3, -0.25) is 14.6 Å². The Labute approximate surface area is 163 Å². The van der Waals surface area contributed by atoms with Crippen LogP contribution in [-0.4, -0.2) is 24.1 Å². The minimum absolute atomic E-state index is 0.0912. The van der Waals surface area contributed by atoms with Gasteiger partial charge in [0.25, 0.3) is 5.91 Å². The highest BCUT2D eigenvalue weighted by atomic mass is 32.1. The van der Waals surface area contributed by atoms with E-state index in [1.165, 1.54) is 18.5 Å². The van der Waals surface area contributed by atoms with Crippen LogP contribution in [0.3, 0.4) is 0 Å². The van der Waals surface area contributed by atoms with Crippen LogP contribution in [0.2, 0.25) is 0 Å². The van der Waals surface area contributed by atoms with Crippen LogP contribution in [0.5, 0.6) is 0 Å². The predicted molar refractivity (Wildman–Crippen MR) is 104 cm³/mol. The van der Waals surface area contributed by atoms with E-state index in [4.69, 9.17) is 9.57 Å². The molecule has 2 aromatic heterocycles. The predicted octanol–water partition coefficient (Wildman–Crippen LogP) is 4.45. The van der Waals surface area contributed by atoms with Gasteiger partial charge in [0, 0.05) is 11.6 Å². The van der Waals surface area contributed by atoms with E-state index >= 15 is 0 Å². The topological polar surface area (TPSA) is 72.5 Å². The first kappa shape index (κ1) is 19.7. The van der Waals surface area contributed by atoms with Gasteiger partial charge in [-0.25, -0.2) is 14.3 Å². The molecule has 3 aromatic rings. The molecule has 0 fully saturated rings. The maximum atomic E-state index is 14.3. The number of benzene rings is 1. The number of carbonyl (C=O) groups is 1. The largest absolute Gasteiger partial charge is 0.499 e. The van der Waals surface area contributed by atoms with Crippen LogP contribution in [0.15, 0.2) is 43.4 Å². The van der Waals surface area contributed by atoms with Gasteiger partial charge in [0.1, 0.15) is 23.9 Å². The molecule has 1 amide bonds. The molecular formula is C19H17F2N3O3S. The fraction of sp³-hybridized carbons (Fsp3) is 0.158. The Balaban J connectivity index is 1.92. The number of thiophene rings is 1. The van der Waals surface area contributed by atoms with Crippen LogP contribution in [0.4, 0.5) is 20.2 Å². The lowest BCUT2D eigenvalue weighted by molar-refractivity contribution is 0.0148. The molecule has 0 atom stereocenters. The van der Waals surface area contributed by atoms with Crippen molar-refractivity contribution in [2.75, 3.05) is 18.5 Å². The number of amides is 1. The number of halogens is 2. The highest BCUT2D eigenvalue weighted by Gasteiger charge is 2.22. The summed E-state index contributed by atoms with van der Waals surface area (Å²) < 4.78 is 33.6. The molecule has 28 heavy (non-hydrogen) atoms. The minimum atomic E-state index is -0.603. The third-order valence-corrected chi connectivity index (χ3v) is 4.94.